The number of aromatic nitrogens is 3. The summed E-state index contributed by atoms with van der Waals surface area (Å²) in [6.45, 7) is 3.58. The van der Waals surface area contributed by atoms with Crippen molar-refractivity contribution in [3.63, 3.8) is 0 Å². The Kier molecular flexibility index (Phi) is 3.47. The molecule has 3 rings (SSSR count). The van der Waals surface area contributed by atoms with E-state index in [0.717, 1.165) is 16.3 Å². The molecule has 22 heavy (non-hydrogen) atoms. The van der Waals surface area contributed by atoms with Crippen LogP contribution >= 0.6 is 0 Å². The molecule has 5 nitrogen and oxygen atoms in total. The summed E-state index contributed by atoms with van der Waals surface area (Å²) in [7, 11) is 0. The van der Waals surface area contributed by atoms with Gasteiger partial charge in [-0.1, -0.05) is 42.5 Å². The highest BCUT2D eigenvalue weighted by molar-refractivity contribution is 6.18. The number of hydrogen-bond donors (Lipinski definition) is 1. The fourth-order valence-electron chi connectivity index (χ4n) is 2.59. The van der Waals surface area contributed by atoms with Crippen LogP contribution in [0.15, 0.2) is 42.5 Å². The van der Waals surface area contributed by atoms with Crippen LogP contribution in [-0.2, 0) is 4.79 Å². The molecule has 1 heterocycles. The Morgan fingerprint density at radius 2 is 1.68 bits per heavy atom. The van der Waals surface area contributed by atoms with Crippen molar-refractivity contribution < 1.29 is 4.79 Å². The number of amides is 1. The second-order valence-electron chi connectivity index (χ2n) is 5.09. The molecule has 2 N–H and O–H groups in total. The van der Waals surface area contributed by atoms with Crippen LogP contribution in [0.5, 0.6) is 0 Å². The normalized spacial score (nSPS) is 11.8. The highest BCUT2D eigenvalue weighted by atomic mass is 16.1. The molecule has 0 atom stereocenters. The van der Waals surface area contributed by atoms with Gasteiger partial charge in [-0.3, -0.25) is 9.36 Å². The first-order valence-corrected chi connectivity index (χ1v) is 6.96. The zero-order valence-electron chi connectivity index (χ0n) is 12.4. The van der Waals surface area contributed by atoms with Gasteiger partial charge in [0.05, 0.1) is 0 Å². The van der Waals surface area contributed by atoms with Gasteiger partial charge in [-0.25, -0.2) is 0 Å². The minimum Gasteiger partial charge on any atom is -0.364 e. The van der Waals surface area contributed by atoms with Crippen molar-refractivity contribution in [3.8, 4) is 0 Å². The Morgan fingerprint density at radius 1 is 1.05 bits per heavy atom. The maximum Gasteiger partial charge on any atom is 0.265 e. The maximum atomic E-state index is 11.9. The minimum atomic E-state index is -0.515. The number of fused-ring (bicyclic) bond motifs is 1. The summed E-state index contributed by atoms with van der Waals surface area (Å²) in [6, 6.07) is 14.0. The van der Waals surface area contributed by atoms with E-state index in [1.807, 2.05) is 42.5 Å². The quantitative estimate of drug-likeness (QED) is 0.754. The lowest BCUT2D eigenvalue weighted by molar-refractivity contribution is -0.113. The van der Waals surface area contributed by atoms with Gasteiger partial charge in [-0.05, 0) is 36.3 Å². The van der Waals surface area contributed by atoms with Crippen molar-refractivity contribution in [2.75, 3.05) is 0 Å². The highest BCUT2D eigenvalue weighted by Crippen LogP contribution is 2.22. The molecule has 0 radical (unpaired) electrons. The number of hydrogen-bond acceptors (Lipinski definition) is 3. The van der Waals surface area contributed by atoms with Gasteiger partial charge in [0.25, 0.3) is 5.91 Å². The third kappa shape index (κ3) is 2.37. The topological polar surface area (TPSA) is 73.8 Å². The number of primary amides is 1. The van der Waals surface area contributed by atoms with Crippen LogP contribution in [0.25, 0.3) is 22.5 Å². The van der Waals surface area contributed by atoms with Crippen LogP contribution in [0.2, 0.25) is 0 Å². The fourth-order valence-corrected chi connectivity index (χ4v) is 2.59. The molecule has 0 aliphatic heterocycles. The van der Waals surface area contributed by atoms with E-state index in [-0.39, 0.29) is 0 Å². The minimum absolute atomic E-state index is 0.358. The average Bonchev–Trinajstić information content (AvgIpc) is 2.84. The largest absolute Gasteiger partial charge is 0.364 e. The van der Waals surface area contributed by atoms with Crippen molar-refractivity contribution in [1.82, 2.24) is 14.8 Å². The Morgan fingerprint density at radius 3 is 2.36 bits per heavy atom. The standard InChI is InChI=1S/C17H16N4O/c1-11-19-20-12(2)21(11)16(17(18)22)10-14-8-5-7-13-6-3-4-9-15(13)14/h3-10H,1-2H3,(H2,18,22)/b16-10-. The van der Waals surface area contributed by atoms with E-state index in [4.69, 9.17) is 5.73 Å². The highest BCUT2D eigenvalue weighted by Gasteiger charge is 2.15. The first kappa shape index (κ1) is 14.0. The third-order valence-corrected chi connectivity index (χ3v) is 3.60. The molecule has 0 aliphatic rings. The zero-order chi connectivity index (χ0) is 15.7. The monoisotopic (exact) mass is 292 g/mol. The molecule has 0 unspecified atom stereocenters. The summed E-state index contributed by atoms with van der Waals surface area (Å²) in [5, 5.41) is 10.1. The number of rotatable bonds is 3. The molecule has 0 bridgehead atoms. The van der Waals surface area contributed by atoms with Crippen molar-refractivity contribution in [2.45, 2.75) is 13.8 Å². The summed E-state index contributed by atoms with van der Waals surface area (Å²) in [5.41, 5.74) is 6.86. The van der Waals surface area contributed by atoms with E-state index in [0.29, 0.717) is 17.3 Å². The van der Waals surface area contributed by atoms with Crippen molar-refractivity contribution in [2.24, 2.45) is 5.73 Å². The Balaban J connectivity index is 2.24. The lowest BCUT2D eigenvalue weighted by atomic mass is 10.0. The van der Waals surface area contributed by atoms with Crippen molar-refractivity contribution in [3.05, 3.63) is 59.7 Å². The molecule has 5 heteroatoms. The second kappa shape index (κ2) is 5.44. The summed E-state index contributed by atoms with van der Waals surface area (Å²) >= 11 is 0. The molecule has 0 spiro atoms. The zero-order valence-corrected chi connectivity index (χ0v) is 12.4. The predicted octanol–water partition coefficient (Wildman–Crippen LogP) is 2.53. The number of benzene rings is 2. The second-order valence-corrected chi connectivity index (χ2v) is 5.09. The first-order chi connectivity index (χ1) is 10.6. The van der Waals surface area contributed by atoms with Crippen LogP contribution < -0.4 is 5.73 Å². The SMILES string of the molecule is Cc1nnc(C)n1/C(=C\c1cccc2ccccc12)C(N)=O. The first-order valence-electron chi connectivity index (χ1n) is 6.96. The lowest BCUT2D eigenvalue weighted by Crippen LogP contribution is -2.19. The molecule has 110 valence electrons. The van der Waals surface area contributed by atoms with E-state index in [2.05, 4.69) is 10.2 Å². The molecule has 1 amide bonds. The van der Waals surface area contributed by atoms with Gasteiger partial charge in [0, 0.05) is 0 Å². The molecule has 0 saturated carbocycles. The van der Waals surface area contributed by atoms with E-state index >= 15 is 0 Å². The van der Waals surface area contributed by atoms with Crippen LogP contribution in [0.1, 0.15) is 17.2 Å². The van der Waals surface area contributed by atoms with Gasteiger partial charge in [0.15, 0.2) is 0 Å². The molecule has 1 aromatic heterocycles. The van der Waals surface area contributed by atoms with E-state index in [1.54, 1.807) is 24.5 Å². The number of aryl methyl sites for hydroxylation is 2. The molecule has 0 aliphatic carbocycles. The molecular weight excluding hydrogens is 276 g/mol. The van der Waals surface area contributed by atoms with Crippen LogP contribution in [-0.4, -0.2) is 20.7 Å². The fraction of sp³-hybridized carbons (Fsp3) is 0.118. The van der Waals surface area contributed by atoms with Crippen LogP contribution in [0.4, 0.5) is 0 Å². The van der Waals surface area contributed by atoms with Gasteiger partial charge in [0.1, 0.15) is 17.3 Å². The van der Waals surface area contributed by atoms with Crippen molar-refractivity contribution in [1.29, 1.82) is 0 Å². The summed E-state index contributed by atoms with van der Waals surface area (Å²) in [5.74, 6) is 0.740. The number of carbonyl (C=O) groups is 1. The third-order valence-electron chi connectivity index (χ3n) is 3.60. The van der Waals surface area contributed by atoms with Crippen LogP contribution in [0.3, 0.4) is 0 Å². The molecular formula is C17H16N4O. The van der Waals surface area contributed by atoms with Gasteiger partial charge >= 0.3 is 0 Å². The van der Waals surface area contributed by atoms with Gasteiger partial charge in [0.2, 0.25) is 0 Å². The lowest BCUT2D eigenvalue weighted by Gasteiger charge is -2.09. The molecule has 3 aromatic rings. The molecule has 0 fully saturated rings. The van der Waals surface area contributed by atoms with Crippen LogP contribution in [0, 0.1) is 13.8 Å². The number of carbonyl (C=O) groups excluding carboxylic acids is 1. The van der Waals surface area contributed by atoms with Gasteiger partial charge < -0.3 is 5.73 Å². The summed E-state index contributed by atoms with van der Waals surface area (Å²) < 4.78 is 1.67. The molecule has 2 aromatic carbocycles. The molecule has 0 saturated heterocycles. The number of nitrogens with zero attached hydrogens (tertiary/aromatic N) is 3. The van der Waals surface area contributed by atoms with E-state index < -0.39 is 5.91 Å². The van der Waals surface area contributed by atoms with Gasteiger partial charge in [-0.15, -0.1) is 10.2 Å². The van der Waals surface area contributed by atoms with Gasteiger partial charge in [-0.2, -0.15) is 0 Å². The summed E-state index contributed by atoms with van der Waals surface area (Å²) in [6.07, 6.45) is 1.79. The smallest absolute Gasteiger partial charge is 0.265 e. The Bertz CT molecular complexity index is 868. The average molecular weight is 292 g/mol. The maximum absolute atomic E-state index is 11.9. The predicted molar refractivity (Wildman–Crippen MR) is 86.8 cm³/mol. The number of nitrogens with two attached hydrogens (primary N) is 1. The van der Waals surface area contributed by atoms with E-state index in [1.165, 1.54) is 0 Å². The Labute approximate surface area is 128 Å². The Hall–Kier alpha value is -2.95. The summed E-state index contributed by atoms with van der Waals surface area (Å²) in [4.78, 5) is 11.9. The van der Waals surface area contributed by atoms with Crippen molar-refractivity contribution >= 4 is 28.5 Å². The van der Waals surface area contributed by atoms with E-state index in [9.17, 15) is 4.79 Å².